The fraction of sp³-hybridized carbons (Fsp3) is 0.600. The van der Waals surface area contributed by atoms with Crippen LogP contribution in [0.4, 0.5) is 5.69 Å². The molecule has 3 N–H and O–H groups in total. The van der Waals surface area contributed by atoms with Gasteiger partial charge in [-0.2, -0.15) is 0 Å². The molecule has 0 aromatic heterocycles. The topological polar surface area (TPSA) is 78.4 Å². The molecule has 5 heteroatoms. The van der Waals surface area contributed by atoms with Gasteiger partial charge in [0.2, 0.25) is 0 Å². The molecule has 0 saturated heterocycles. The normalized spacial score (nSPS) is 11.7. The Kier molecular flexibility index (Phi) is 7.61. The fourth-order valence-corrected chi connectivity index (χ4v) is 2.66. The minimum Gasteiger partial charge on any atom is -0.396 e. The van der Waals surface area contributed by atoms with Gasteiger partial charge in [0.1, 0.15) is 0 Å². The molecule has 5 nitrogen and oxygen atoms in total. The van der Waals surface area contributed by atoms with Crippen LogP contribution in [0.5, 0.6) is 0 Å². The van der Waals surface area contributed by atoms with Gasteiger partial charge in [0.25, 0.3) is 0 Å². The summed E-state index contributed by atoms with van der Waals surface area (Å²) in [6.45, 7) is 12.5. The summed E-state index contributed by atoms with van der Waals surface area (Å²) in [5.74, 6) is -0.838. The number of rotatable bonds is 7. The molecule has 2 amide bonds. The number of amides is 2. The van der Waals surface area contributed by atoms with Crippen molar-refractivity contribution in [2.45, 2.75) is 59.8 Å². The largest absolute Gasteiger partial charge is 0.396 e. The molecule has 1 aromatic carbocycles. The molecule has 1 aromatic rings. The maximum absolute atomic E-state index is 12.4. The lowest BCUT2D eigenvalue weighted by Gasteiger charge is -2.24. The molecule has 0 fully saturated rings. The van der Waals surface area contributed by atoms with Crippen LogP contribution < -0.4 is 10.6 Å². The third-order valence-corrected chi connectivity index (χ3v) is 4.33. The van der Waals surface area contributed by atoms with E-state index in [-0.39, 0.29) is 23.9 Å². The smallest absolute Gasteiger partial charge is 0.313 e. The van der Waals surface area contributed by atoms with E-state index in [0.29, 0.717) is 13.0 Å². The van der Waals surface area contributed by atoms with E-state index in [9.17, 15) is 9.59 Å². The second kappa shape index (κ2) is 8.99. The van der Waals surface area contributed by atoms with E-state index in [1.165, 1.54) is 0 Å². The van der Waals surface area contributed by atoms with Crippen LogP contribution in [0.25, 0.3) is 0 Å². The van der Waals surface area contributed by atoms with Crippen molar-refractivity contribution >= 4 is 17.5 Å². The molecule has 0 heterocycles. The van der Waals surface area contributed by atoms with Gasteiger partial charge in [-0.15, -0.1) is 0 Å². The first kappa shape index (κ1) is 21.2. The van der Waals surface area contributed by atoms with Crippen molar-refractivity contribution in [2.24, 2.45) is 5.41 Å². The molecule has 0 bridgehead atoms. The molecule has 25 heavy (non-hydrogen) atoms. The Morgan fingerprint density at radius 1 is 1.04 bits per heavy atom. The number of hydrogen-bond acceptors (Lipinski definition) is 3. The number of carbonyl (C=O) groups is 2. The first-order chi connectivity index (χ1) is 11.6. The van der Waals surface area contributed by atoms with Crippen molar-refractivity contribution in [1.29, 1.82) is 0 Å². The van der Waals surface area contributed by atoms with Gasteiger partial charge in [0.15, 0.2) is 0 Å². The average molecular weight is 348 g/mol. The molecule has 1 rings (SSSR count). The minimum atomic E-state index is -0.658. The Hall–Kier alpha value is -1.88. The zero-order valence-corrected chi connectivity index (χ0v) is 16.3. The van der Waals surface area contributed by atoms with Crippen LogP contribution in [-0.4, -0.2) is 30.1 Å². The lowest BCUT2D eigenvalue weighted by atomic mass is 9.90. The van der Waals surface area contributed by atoms with Gasteiger partial charge in [-0.1, -0.05) is 59.7 Å². The predicted molar refractivity (Wildman–Crippen MR) is 102 cm³/mol. The Labute approximate surface area is 151 Å². The third-order valence-electron chi connectivity index (χ3n) is 4.33. The van der Waals surface area contributed by atoms with Gasteiger partial charge in [-0.25, -0.2) is 0 Å². The van der Waals surface area contributed by atoms with Crippen LogP contribution in [0, 0.1) is 5.41 Å². The highest BCUT2D eigenvalue weighted by Gasteiger charge is 2.23. The number of para-hydroxylation sites is 1. The Morgan fingerprint density at radius 2 is 1.56 bits per heavy atom. The summed E-state index contributed by atoms with van der Waals surface area (Å²) in [6, 6.07) is 5.95. The van der Waals surface area contributed by atoms with Gasteiger partial charge in [-0.05, 0) is 34.8 Å². The second-order valence-electron chi connectivity index (χ2n) is 7.90. The van der Waals surface area contributed by atoms with Crippen LogP contribution >= 0.6 is 0 Å². The van der Waals surface area contributed by atoms with Crippen molar-refractivity contribution < 1.29 is 14.7 Å². The average Bonchev–Trinajstić information content (AvgIpc) is 2.52. The quantitative estimate of drug-likeness (QED) is 0.661. The van der Waals surface area contributed by atoms with E-state index in [4.69, 9.17) is 5.11 Å². The lowest BCUT2D eigenvalue weighted by Crippen LogP contribution is -2.41. The highest BCUT2D eigenvalue weighted by Crippen LogP contribution is 2.32. The molecule has 140 valence electrons. The highest BCUT2D eigenvalue weighted by molar-refractivity contribution is 6.39. The summed E-state index contributed by atoms with van der Waals surface area (Å²) in [5.41, 5.74) is 2.52. The number of anilines is 1. The Bertz CT molecular complexity index is 581. The first-order valence-electron chi connectivity index (χ1n) is 8.92. The fourth-order valence-electron chi connectivity index (χ4n) is 2.66. The van der Waals surface area contributed by atoms with Gasteiger partial charge >= 0.3 is 11.8 Å². The van der Waals surface area contributed by atoms with E-state index in [1.807, 2.05) is 32.0 Å². The zero-order chi connectivity index (χ0) is 19.2. The van der Waals surface area contributed by atoms with Crippen molar-refractivity contribution in [2.75, 3.05) is 18.5 Å². The van der Waals surface area contributed by atoms with Crippen LogP contribution in [0.15, 0.2) is 18.2 Å². The molecule has 0 aliphatic rings. The third kappa shape index (κ3) is 6.16. The molecule has 0 atom stereocenters. The van der Waals surface area contributed by atoms with Crippen LogP contribution in [-0.2, 0) is 9.59 Å². The molecule has 0 aliphatic carbocycles. The van der Waals surface area contributed by atoms with Gasteiger partial charge in [-0.3, -0.25) is 9.59 Å². The molecule has 0 spiro atoms. The highest BCUT2D eigenvalue weighted by atomic mass is 16.3. The van der Waals surface area contributed by atoms with Crippen molar-refractivity contribution in [1.82, 2.24) is 5.32 Å². The summed E-state index contributed by atoms with van der Waals surface area (Å²) in [4.78, 5) is 24.5. The number of aliphatic hydroxyl groups excluding tert-OH is 1. The van der Waals surface area contributed by atoms with Crippen LogP contribution in [0.2, 0.25) is 0 Å². The Morgan fingerprint density at radius 3 is 2.00 bits per heavy atom. The van der Waals surface area contributed by atoms with E-state index in [2.05, 4.69) is 38.3 Å². The molecule has 0 aliphatic heterocycles. The minimum absolute atomic E-state index is 0.0502. The van der Waals surface area contributed by atoms with Gasteiger partial charge < -0.3 is 15.7 Å². The summed E-state index contributed by atoms with van der Waals surface area (Å²) >= 11 is 0. The van der Waals surface area contributed by atoms with Crippen molar-refractivity contribution in [3.63, 3.8) is 0 Å². The standard InChI is InChI=1S/C20H32N2O3/c1-13(2)15-8-7-9-16(14(3)4)17(15)22-19(25)18(24)21-12-20(5,6)10-11-23/h7-9,13-14,23H,10-12H2,1-6H3,(H,21,24)(H,22,25). The molecule has 0 radical (unpaired) electrons. The number of benzene rings is 1. The Balaban J connectivity index is 2.91. The predicted octanol–water partition coefficient (Wildman–Crippen LogP) is 3.40. The maximum Gasteiger partial charge on any atom is 0.313 e. The first-order valence-corrected chi connectivity index (χ1v) is 8.92. The van der Waals surface area contributed by atoms with E-state index in [1.54, 1.807) is 0 Å². The SMILES string of the molecule is CC(C)c1cccc(C(C)C)c1NC(=O)C(=O)NCC(C)(C)CCO. The molecular formula is C20H32N2O3. The lowest BCUT2D eigenvalue weighted by molar-refractivity contribution is -0.136. The zero-order valence-electron chi connectivity index (χ0n) is 16.3. The van der Waals surface area contributed by atoms with Crippen LogP contribution in [0.1, 0.15) is 70.9 Å². The summed E-state index contributed by atoms with van der Waals surface area (Å²) in [5, 5.41) is 14.5. The molecule has 0 saturated carbocycles. The second-order valence-corrected chi connectivity index (χ2v) is 7.90. The summed E-state index contributed by atoms with van der Waals surface area (Å²) in [6.07, 6.45) is 0.558. The van der Waals surface area contributed by atoms with E-state index >= 15 is 0 Å². The summed E-state index contributed by atoms with van der Waals surface area (Å²) in [7, 11) is 0. The molecular weight excluding hydrogens is 316 g/mol. The van der Waals surface area contributed by atoms with Crippen molar-refractivity contribution in [3.05, 3.63) is 29.3 Å². The number of hydrogen-bond donors (Lipinski definition) is 3. The maximum atomic E-state index is 12.4. The van der Waals surface area contributed by atoms with Crippen molar-refractivity contribution in [3.8, 4) is 0 Å². The number of nitrogens with one attached hydrogen (secondary N) is 2. The van der Waals surface area contributed by atoms with E-state index in [0.717, 1.165) is 16.8 Å². The molecule has 0 unspecified atom stereocenters. The number of aliphatic hydroxyl groups is 1. The van der Waals surface area contributed by atoms with E-state index < -0.39 is 11.8 Å². The summed E-state index contributed by atoms with van der Waals surface area (Å²) < 4.78 is 0. The monoisotopic (exact) mass is 348 g/mol. The van der Waals surface area contributed by atoms with Crippen LogP contribution in [0.3, 0.4) is 0 Å². The van der Waals surface area contributed by atoms with Gasteiger partial charge in [0, 0.05) is 18.8 Å². The van der Waals surface area contributed by atoms with Gasteiger partial charge in [0.05, 0.1) is 0 Å². The number of carbonyl (C=O) groups excluding carboxylic acids is 2.